The molecule has 2 atom stereocenters. The zero-order valence-corrected chi connectivity index (χ0v) is 14.3. The van der Waals surface area contributed by atoms with E-state index in [9.17, 15) is 14.4 Å². The Morgan fingerprint density at radius 1 is 1.16 bits per heavy atom. The number of methoxy groups -OCH3 is 2. The van der Waals surface area contributed by atoms with Crippen molar-refractivity contribution >= 4 is 28.7 Å². The number of ether oxygens (including phenoxy) is 2. The molecular formula is C18H20N2O5. The minimum atomic E-state index is -0.969. The maximum absolute atomic E-state index is 12.5. The van der Waals surface area contributed by atoms with Crippen LogP contribution >= 0.6 is 0 Å². The summed E-state index contributed by atoms with van der Waals surface area (Å²) in [5.74, 6) is -2.05. The van der Waals surface area contributed by atoms with Crippen LogP contribution in [0.1, 0.15) is 23.7 Å². The van der Waals surface area contributed by atoms with E-state index in [1.807, 2.05) is 24.3 Å². The van der Waals surface area contributed by atoms with E-state index in [0.29, 0.717) is 5.56 Å². The molecule has 0 aliphatic carbocycles. The minimum Gasteiger partial charge on any atom is -0.469 e. The highest BCUT2D eigenvalue weighted by Gasteiger charge is 2.30. The van der Waals surface area contributed by atoms with Crippen LogP contribution in [0.25, 0.3) is 10.9 Å². The summed E-state index contributed by atoms with van der Waals surface area (Å²) in [7, 11) is 2.49. The number of amides is 1. The Labute approximate surface area is 145 Å². The number of rotatable bonds is 6. The second kappa shape index (κ2) is 8.23. The van der Waals surface area contributed by atoms with Crippen LogP contribution in [0, 0.1) is 5.92 Å². The summed E-state index contributed by atoms with van der Waals surface area (Å²) in [6.45, 7) is 1.66. The third kappa shape index (κ3) is 4.53. The summed E-state index contributed by atoms with van der Waals surface area (Å²) in [5, 5.41) is 3.43. The van der Waals surface area contributed by atoms with Crippen molar-refractivity contribution in [3.8, 4) is 0 Å². The number of para-hydroxylation sites is 1. The highest BCUT2D eigenvalue weighted by Crippen LogP contribution is 2.15. The molecule has 0 spiro atoms. The Hall–Kier alpha value is -2.96. The molecule has 0 fully saturated rings. The number of fused-ring (bicyclic) bond motifs is 1. The van der Waals surface area contributed by atoms with E-state index < -0.39 is 29.8 Å². The van der Waals surface area contributed by atoms with Gasteiger partial charge in [-0.2, -0.15) is 0 Å². The van der Waals surface area contributed by atoms with Crippen molar-refractivity contribution in [2.24, 2.45) is 5.92 Å². The maximum Gasteiger partial charge on any atom is 0.328 e. The average Bonchev–Trinajstić information content (AvgIpc) is 2.64. The van der Waals surface area contributed by atoms with Gasteiger partial charge in [-0.1, -0.05) is 25.1 Å². The number of benzene rings is 1. The van der Waals surface area contributed by atoms with Crippen molar-refractivity contribution in [3.05, 3.63) is 42.1 Å². The van der Waals surface area contributed by atoms with Gasteiger partial charge in [0.1, 0.15) is 6.04 Å². The van der Waals surface area contributed by atoms with Crippen molar-refractivity contribution < 1.29 is 23.9 Å². The van der Waals surface area contributed by atoms with Gasteiger partial charge >= 0.3 is 11.9 Å². The predicted molar refractivity (Wildman–Crippen MR) is 90.8 cm³/mol. The molecular weight excluding hydrogens is 324 g/mol. The average molecular weight is 344 g/mol. The van der Waals surface area contributed by atoms with Gasteiger partial charge in [0.15, 0.2) is 0 Å². The Kier molecular flexibility index (Phi) is 6.05. The Morgan fingerprint density at radius 2 is 1.88 bits per heavy atom. The molecule has 1 aromatic carbocycles. The van der Waals surface area contributed by atoms with E-state index in [0.717, 1.165) is 10.9 Å². The summed E-state index contributed by atoms with van der Waals surface area (Å²) in [6, 6.07) is 8.11. The highest BCUT2D eigenvalue weighted by molar-refractivity contribution is 5.99. The number of nitrogens with zero attached hydrogens (tertiary/aromatic N) is 1. The van der Waals surface area contributed by atoms with Crippen LogP contribution in [0.2, 0.25) is 0 Å². The number of carbonyl (C=O) groups excluding carboxylic acids is 3. The quantitative estimate of drug-likeness (QED) is 0.802. The Balaban J connectivity index is 2.19. The number of hydrogen-bond acceptors (Lipinski definition) is 6. The number of esters is 2. The predicted octanol–water partition coefficient (Wildman–Crippen LogP) is 1.71. The normalized spacial score (nSPS) is 12.9. The van der Waals surface area contributed by atoms with E-state index >= 15 is 0 Å². The number of pyridine rings is 1. The van der Waals surface area contributed by atoms with Crippen LogP contribution in [0.4, 0.5) is 0 Å². The number of hydrogen-bond donors (Lipinski definition) is 1. The molecule has 2 rings (SSSR count). The molecule has 2 aromatic rings. The molecule has 0 saturated heterocycles. The Morgan fingerprint density at radius 3 is 2.56 bits per heavy atom. The van der Waals surface area contributed by atoms with E-state index in [1.165, 1.54) is 20.4 Å². The van der Waals surface area contributed by atoms with Gasteiger partial charge in [0.2, 0.25) is 0 Å². The third-order valence-electron chi connectivity index (χ3n) is 3.88. The van der Waals surface area contributed by atoms with Crippen molar-refractivity contribution in [2.75, 3.05) is 14.2 Å². The van der Waals surface area contributed by atoms with Gasteiger partial charge in [-0.3, -0.25) is 14.6 Å². The van der Waals surface area contributed by atoms with E-state index in [2.05, 4.69) is 15.0 Å². The topological polar surface area (TPSA) is 94.6 Å². The first kappa shape index (κ1) is 18.4. The van der Waals surface area contributed by atoms with Crippen molar-refractivity contribution in [1.29, 1.82) is 0 Å². The van der Waals surface area contributed by atoms with Gasteiger partial charge in [0, 0.05) is 11.6 Å². The van der Waals surface area contributed by atoms with Crippen molar-refractivity contribution in [1.82, 2.24) is 10.3 Å². The molecule has 7 heteroatoms. The lowest BCUT2D eigenvalue weighted by molar-refractivity contribution is -0.146. The first-order valence-electron chi connectivity index (χ1n) is 7.76. The second-order valence-corrected chi connectivity index (χ2v) is 5.65. The van der Waals surface area contributed by atoms with Gasteiger partial charge in [-0.05, 0) is 18.1 Å². The van der Waals surface area contributed by atoms with Gasteiger partial charge < -0.3 is 14.8 Å². The molecule has 1 heterocycles. The Bertz CT molecular complexity index is 790. The first-order valence-corrected chi connectivity index (χ1v) is 7.76. The van der Waals surface area contributed by atoms with Crippen LogP contribution in [0.15, 0.2) is 36.5 Å². The van der Waals surface area contributed by atoms with E-state index in [-0.39, 0.29) is 6.42 Å². The second-order valence-electron chi connectivity index (χ2n) is 5.65. The molecule has 25 heavy (non-hydrogen) atoms. The fraction of sp³-hybridized carbons (Fsp3) is 0.333. The fourth-order valence-corrected chi connectivity index (χ4v) is 2.44. The molecule has 132 valence electrons. The highest BCUT2D eigenvalue weighted by atomic mass is 16.5. The van der Waals surface area contributed by atoms with Crippen LogP contribution in [0.5, 0.6) is 0 Å². The molecule has 1 N–H and O–H groups in total. The smallest absolute Gasteiger partial charge is 0.328 e. The van der Waals surface area contributed by atoms with Crippen LogP contribution in [-0.2, 0) is 19.1 Å². The van der Waals surface area contributed by atoms with E-state index in [1.54, 1.807) is 13.0 Å². The number of carbonyl (C=O) groups is 3. The van der Waals surface area contributed by atoms with Crippen LogP contribution in [0.3, 0.4) is 0 Å². The van der Waals surface area contributed by atoms with Gasteiger partial charge in [0.25, 0.3) is 5.91 Å². The first-order chi connectivity index (χ1) is 12.0. The molecule has 0 bridgehead atoms. The minimum absolute atomic E-state index is 0.0213. The summed E-state index contributed by atoms with van der Waals surface area (Å²) >= 11 is 0. The monoisotopic (exact) mass is 344 g/mol. The standard InChI is InChI=1S/C18H20N2O5/c1-11(8-15(21)24-2)16(18(23)25-3)20-17(22)13-9-12-6-4-5-7-14(12)19-10-13/h4-7,9-11,16H,8H2,1-3H3,(H,20,22)/t11-,16+/m0/s1. The molecule has 7 nitrogen and oxygen atoms in total. The lowest BCUT2D eigenvalue weighted by atomic mass is 9.98. The maximum atomic E-state index is 12.5. The summed E-state index contributed by atoms with van der Waals surface area (Å²) < 4.78 is 9.34. The van der Waals surface area contributed by atoms with Gasteiger partial charge in [-0.25, -0.2) is 4.79 Å². The lowest BCUT2D eigenvalue weighted by Crippen LogP contribution is -2.46. The van der Waals surface area contributed by atoms with Crippen LogP contribution in [-0.4, -0.2) is 43.1 Å². The number of aromatic nitrogens is 1. The van der Waals surface area contributed by atoms with Crippen molar-refractivity contribution in [2.45, 2.75) is 19.4 Å². The fourth-order valence-electron chi connectivity index (χ4n) is 2.44. The lowest BCUT2D eigenvalue weighted by Gasteiger charge is -2.22. The van der Waals surface area contributed by atoms with E-state index in [4.69, 9.17) is 4.74 Å². The summed E-state index contributed by atoms with van der Waals surface area (Å²) in [4.78, 5) is 40.2. The SMILES string of the molecule is COC(=O)C[C@H](C)[C@@H](NC(=O)c1cnc2ccccc2c1)C(=O)OC. The summed E-state index contributed by atoms with van der Waals surface area (Å²) in [6.07, 6.45) is 1.42. The third-order valence-corrected chi connectivity index (χ3v) is 3.88. The number of nitrogens with one attached hydrogen (secondary N) is 1. The molecule has 0 saturated carbocycles. The van der Waals surface area contributed by atoms with Crippen LogP contribution < -0.4 is 5.32 Å². The van der Waals surface area contributed by atoms with Crippen molar-refractivity contribution in [3.63, 3.8) is 0 Å². The van der Waals surface area contributed by atoms with Gasteiger partial charge in [0.05, 0.1) is 31.7 Å². The molecule has 1 amide bonds. The zero-order valence-electron chi connectivity index (χ0n) is 14.3. The zero-order chi connectivity index (χ0) is 18.4. The molecule has 0 unspecified atom stereocenters. The molecule has 1 aromatic heterocycles. The summed E-state index contributed by atoms with van der Waals surface area (Å²) in [5.41, 5.74) is 1.08. The molecule has 0 aliphatic rings. The van der Waals surface area contributed by atoms with Gasteiger partial charge in [-0.15, -0.1) is 0 Å². The largest absolute Gasteiger partial charge is 0.469 e. The molecule has 0 aliphatic heterocycles. The molecule has 0 radical (unpaired) electrons.